The van der Waals surface area contributed by atoms with Crippen LogP contribution < -0.4 is 5.32 Å². The average molecular weight is 317 g/mol. The Morgan fingerprint density at radius 1 is 1.00 bits per heavy atom. The Hall–Kier alpha value is -2.30. The summed E-state index contributed by atoms with van der Waals surface area (Å²) in [5.41, 5.74) is 1.87. The largest absolute Gasteiger partial charge is 0.507 e. The molecule has 0 aromatic heterocycles. The van der Waals surface area contributed by atoms with Crippen LogP contribution in [0.5, 0.6) is 5.75 Å². The lowest BCUT2D eigenvalue weighted by Gasteiger charge is -2.27. The van der Waals surface area contributed by atoms with Crippen molar-refractivity contribution in [3.8, 4) is 5.75 Å². The van der Waals surface area contributed by atoms with Gasteiger partial charge in [0.2, 0.25) is 0 Å². The summed E-state index contributed by atoms with van der Waals surface area (Å²) in [7, 11) is 0. The molecule has 1 aromatic rings. The molecule has 2 N–H and O–H groups in total. The second-order valence-corrected chi connectivity index (χ2v) is 7.82. The predicted molar refractivity (Wildman–Crippen MR) is 88.1 cm³/mol. The molecule has 1 amide bonds. The first-order valence-corrected chi connectivity index (χ1v) is 7.52. The zero-order valence-electron chi connectivity index (χ0n) is 14.4. The first-order valence-electron chi connectivity index (χ1n) is 7.52. The van der Waals surface area contributed by atoms with E-state index in [2.05, 4.69) is 10.1 Å². The second kappa shape index (κ2) is 5.41. The number of phenols is 1. The monoisotopic (exact) mass is 317 g/mol. The van der Waals surface area contributed by atoms with Crippen LogP contribution in [0, 0.1) is 0 Å². The van der Waals surface area contributed by atoms with Crippen LogP contribution in [-0.4, -0.2) is 17.2 Å². The number of amides is 1. The molecule has 0 spiro atoms. The van der Waals surface area contributed by atoms with Gasteiger partial charge in [0.05, 0.1) is 0 Å². The van der Waals surface area contributed by atoms with Gasteiger partial charge in [0.25, 0.3) is 0 Å². The van der Waals surface area contributed by atoms with Crippen LogP contribution in [0.1, 0.15) is 58.2 Å². The molecule has 1 aliphatic heterocycles. The second-order valence-electron chi connectivity index (χ2n) is 7.82. The third kappa shape index (κ3) is 3.55. The molecule has 1 saturated heterocycles. The summed E-state index contributed by atoms with van der Waals surface area (Å²) < 4.78 is 4.46. The number of benzene rings is 1. The minimum atomic E-state index is -0.771. The van der Waals surface area contributed by atoms with Crippen molar-refractivity contribution < 1.29 is 19.4 Å². The molecule has 5 heteroatoms. The molecule has 0 radical (unpaired) electrons. The van der Waals surface area contributed by atoms with Gasteiger partial charge in [-0.2, -0.15) is 0 Å². The van der Waals surface area contributed by atoms with Crippen LogP contribution in [0.4, 0.5) is 4.79 Å². The van der Waals surface area contributed by atoms with E-state index in [1.807, 2.05) is 53.7 Å². The van der Waals surface area contributed by atoms with Gasteiger partial charge in [-0.25, -0.2) is 9.59 Å². The maximum Gasteiger partial charge on any atom is 0.419 e. The highest BCUT2D eigenvalue weighted by atomic mass is 16.6. The number of carbonyl (C=O) groups is 2. The molecule has 5 nitrogen and oxygen atoms in total. The number of hydrogen-bond acceptors (Lipinski definition) is 4. The Morgan fingerprint density at radius 3 is 1.83 bits per heavy atom. The van der Waals surface area contributed by atoms with E-state index >= 15 is 0 Å². The fourth-order valence-corrected chi connectivity index (χ4v) is 2.47. The Labute approximate surface area is 136 Å². The molecule has 2 rings (SSSR count). The fraction of sp³-hybridized carbons (Fsp3) is 0.444. The Morgan fingerprint density at radius 2 is 1.48 bits per heavy atom. The molecule has 0 atom stereocenters. The Kier molecular flexibility index (Phi) is 4.01. The number of ether oxygens (including phenoxy) is 1. The number of phenolic OH excluding ortho intramolecular Hbond substituents is 1. The highest BCUT2D eigenvalue weighted by Crippen LogP contribution is 2.40. The van der Waals surface area contributed by atoms with E-state index in [1.54, 1.807) is 6.08 Å². The summed E-state index contributed by atoms with van der Waals surface area (Å²) in [5, 5.41) is 13.0. The van der Waals surface area contributed by atoms with Gasteiger partial charge in [-0.1, -0.05) is 41.5 Å². The number of alkyl carbamates (subject to hydrolysis) is 1. The first kappa shape index (κ1) is 17.1. The van der Waals surface area contributed by atoms with Crippen molar-refractivity contribution in [1.82, 2.24) is 5.32 Å². The first-order chi connectivity index (χ1) is 10.4. The molecule has 1 heterocycles. The van der Waals surface area contributed by atoms with Crippen molar-refractivity contribution in [1.29, 1.82) is 0 Å². The van der Waals surface area contributed by atoms with Gasteiger partial charge >= 0.3 is 12.1 Å². The van der Waals surface area contributed by atoms with Gasteiger partial charge in [-0.3, -0.25) is 5.32 Å². The molecular weight excluding hydrogens is 294 g/mol. The molecule has 0 bridgehead atoms. The smallest absolute Gasteiger partial charge is 0.419 e. The summed E-state index contributed by atoms with van der Waals surface area (Å²) in [6, 6.07) is 3.66. The van der Waals surface area contributed by atoms with E-state index in [-0.39, 0.29) is 22.3 Å². The summed E-state index contributed by atoms with van der Waals surface area (Å²) in [6.45, 7) is 12.1. The lowest BCUT2D eigenvalue weighted by Crippen LogP contribution is -2.17. The normalized spacial score (nSPS) is 17.4. The highest BCUT2D eigenvalue weighted by Gasteiger charge is 2.28. The van der Waals surface area contributed by atoms with Crippen molar-refractivity contribution in [2.24, 2.45) is 0 Å². The van der Waals surface area contributed by atoms with E-state index in [4.69, 9.17) is 0 Å². The van der Waals surface area contributed by atoms with E-state index in [9.17, 15) is 14.7 Å². The van der Waals surface area contributed by atoms with E-state index < -0.39 is 12.1 Å². The van der Waals surface area contributed by atoms with Crippen molar-refractivity contribution in [3.05, 3.63) is 34.5 Å². The molecule has 0 saturated carbocycles. The summed E-state index contributed by atoms with van der Waals surface area (Å²) >= 11 is 0. The highest BCUT2D eigenvalue weighted by molar-refractivity contribution is 6.06. The minimum absolute atomic E-state index is 0.0976. The molecule has 0 aliphatic carbocycles. The third-order valence-corrected chi connectivity index (χ3v) is 3.70. The van der Waals surface area contributed by atoms with Gasteiger partial charge in [0, 0.05) is 11.1 Å². The van der Waals surface area contributed by atoms with Crippen LogP contribution in [-0.2, 0) is 20.4 Å². The van der Waals surface area contributed by atoms with Crippen LogP contribution >= 0.6 is 0 Å². The zero-order valence-corrected chi connectivity index (χ0v) is 14.4. The summed E-state index contributed by atoms with van der Waals surface area (Å²) in [5.74, 6) is -0.428. The quantitative estimate of drug-likeness (QED) is 0.471. The number of esters is 1. The summed E-state index contributed by atoms with van der Waals surface area (Å²) in [6.07, 6.45) is 0.795. The molecule has 23 heavy (non-hydrogen) atoms. The maximum atomic E-state index is 11.6. The number of cyclic esters (lactones) is 2. The molecule has 0 unspecified atom stereocenters. The van der Waals surface area contributed by atoms with Gasteiger partial charge < -0.3 is 9.84 Å². The van der Waals surface area contributed by atoms with Crippen LogP contribution in [0.15, 0.2) is 17.8 Å². The van der Waals surface area contributed by atoms with Crippen molar-refractivity contribution in [2.75, 3.05) is 0 Å². The van der Waals surface area contributed by atoms with Crippen molar-refractivity contribution >= 4 is 18.1 Å². The minimum Gasteiger partial charge on any atom is -0.507 e. The lowest BCUT2D eigenvalue weighted by molar-refractivity contribution is -0.130. The van der Waals surface area contributed by atoms with E-state index in [0.29, 0.717) is 0 Å². The van der Waals surface area contributed by atoms with Gasteiger partial charge in [-0.15, -0.1) is 0 Å². The number of hydrogen-bond donors (Lipinski definition) is 2. The number of carbonyl (C=O) groups excluding carboxylic acids is 2. The Balaban J connectivity index is 2.64. The summed E-state index contributed by atoms with van der Waals surface area (Å²) in [4.78, 5) is 22.7. The van der Waals surface area contributed by atoms with Crippen LogP contribution in [0.25, 0.3) is 6.08 Å². The molecule has 1 aromatic carbocycles. The molecule has 124 valence electrons. The molecular formula is C18H23NO4. The van der Waals surface area contributed by atoms with Crippen LogP contribution in [0.3, 0.4) is 0 Å². The van der Waals surface area contributed by atoms with Crippen LogP contribution in [0.2, 0.25) is 0 Å². The number of aromatic hydroxyl groups is 1. The number of nitrogens with one attached hydrogen (secondary N) is 1. The zero-order chi connectivity index (χ0) is 17.6. The third-order valence-electron chi connectivity index (χ3n) is 3.70. The Bertz CT molecular complexity index is 668. The van der Waals surface area contributed by atoms with E-state index in [0.717, 1.165) is 16.7 Å². The number of rotatable bonds is 1. The van der Waals surface area contributed by atoms with Crippen molar-refractivity contribution in [3.63, 3.8) is 0 Å². The molecule has 1 aliphatic rings. The average Bonchev–Trinajstić information content (AvgIpc) is 2.67. The SMILES string of the molecule is CC(C)(C)c1cc(C=C2NC(=O)OC2=O)cc(C(C)(C)C)c1O. The maximum absolute atomic E-state index is 11.6. The predicted octanol–water partition coefficient (Wildman–Crippen LogP) is 3.59. The standard InChI is InChI=1S/C18H23NO4/c1-17(2,3)11-7-10(8-12(14(11)20)18(4,5)6)9-13-15(21)23-16(22)19-13/h7-9,20H,1-6H3,(H,19,22). The van der Waals surface area contributed by atoms with Crippen molar-refractivity contribution in [2.45, 2.75) is 52.4 Å². The topological polar surface area (TPSA) is 75.6 Å². The van der Waals surface area contributed by atoms with E-state index in [1.165, 1.54) is 0 Å². The van der Waals surface area contributed by atoms with Gasteiger partial charge in [0.1, 0.15) is 11.4 Å². The lowest BCUT2D eigenvalue weighted by atomic mass is 9.78. The fourth-order valence-electron chi connectivity index (χ4n) is 2.47. The molecule has 1 fully saturated rings. The van der Waals surface area contributed by atoms with Gasteiger partial charge in [0.15, 0.2) is 0 Å². The van der Waals surface area contributed by atoms with Gasteiger partial charge in [-0.05, 0) is 34.6 Å².